The van der Waals surface area contributed by atoms with E-state index in [1.807, 2.05) is 6.07 Å². The molecule has 0 unspecified atom stereocenters. The highest BCUT2D eigenvalue weighted by Crippen LogP contribution is 2.29. The number of imidazole rings is 1. The maximum atomic E-state index is 12.7. The minimum Gasteiger partial charge on any atom is -0.311 e. The van der Waals surface area contributed by atoms with Crippen LogP contribution in [0.1, 0.15) is 11.1 Å². The van der Waals surface area contributed by atoms with Crippen molar-refractivity contribution in [2.45, 2.75) is 12.7 Å². The van der Waals surface area contributed by atoms with Crippen molar-refractivity contribution in [3.05, 3.63) is 60.0 Å². The fraction of sp³-hybridized carbons (Fsp3) is 0.143. The lowest BCUT2D eigenvalue weighted by Crippen LogP contribution is -2.06. The first-order valence-corrected chi connectivity index (χ1v) is 5.96. The molecule has 1 aromatic carbocycles. The van der Waals surface area contributed by atoms with Crippen LogP contribution in [0.5, 0.6) is 0 Å². The Kier molecular flexibility index (Phi) is 2.93. The lowest BCUT2D eigenvalue weighted by molar-refractivity contribution is -0.137. The van der Waals surface area contributed by atoms with Crippen LogP contribution in [0, 0.1) is 0 Å². The van der Waals surface area contributed by atoms with Gasteiger partial charge < -0.3 is 4.57 Å². The summed E-state index contributed by atoms with van der Waals surface area (Å²) in [5.41, 5.74) is 1.29. The lowest BCUT2D eigenvalue weighted by atomic mass is 10.1. The van der Waals surface area contributed by atoms with Crippen LogP contribution in [0.25, 0.3) is 11.2 Å². The maximum Gasteiger partial charge on any atom is 0.416 e. The van der Waals surface area contributed by atoms with Gasteiger partial charge in [-0.2, -0.15) is 13.2 Å². The van der Waals surface area contributed by atoms with E-state index in [0.29, 0.717) is 17.8 Å². The van der Waals surface area contributed by atoms with Crippen molar-refractivity contribution < 1.29 is 13.2 Å². The number of alkyl halides is 3. The Hall–Kier alpha value is -2.37. The van der Waals surface area contributed by atoms with E-state index in [-0.39, 0.29) is 0 Å². The Balaban J connectivity index is 1.95. The summed E-state index contributed by atoms with van der Waals surface area (Å²) < 4.78 is 39.7. The van der Waals surface area contributed by atoms with E-state index in [0.717, 1.165) is 17.6 Å². The third kappa shape index (κ3) is 2.36. The van der Waals surface area contributed by atoms with Gasteiger partial charge in [0, 0.05) is 6.20 Å². The first kappa shape index (κ1) is 12.7. The third-order valence-corrected chi connectivity index (χ3v) is 2.98. The molecule has 0 radical (unpaired) electrons. The molecule has 3 nitrogen and oxygen atoms in total. The number of benzene rings is 1. The van der Waals surface area contributed by atoms with Crippen molar-refractivity contribution in [1.82, 2.24) is 14.5 Å². The van der Waals surface area contributed by atoms with Gasteiger partial charge in [-0.1, -0.05) is 12.1 Å². The number of aromatic nitrogens is 3. The molecule has 3 rings (SSSR count). The zero-order valence-electron chi connectivity index (χ0n) is 10.3. The quantitative estimate of drug-likeness (QED) is 0.717. The molecule has 0 spiro atoms. The van der Waals surface area contributed by atoms with Gasteiger partial charge in [0.2, 0.25) is 0 Å². The van der Waals surface area contributed by atoms with E-state index < -0.39 is 11.7 Å². The van der Waals surface area contributed by atoms with Crippen molar-refractivity contribution in [2.75, 3.05) is 0 Å². The summed E-state index contributed by atoms with van der Waals surface area (Å²) in [6, 6.07) is 8.85. The van der Waals surface area contributed by atoms with Crippen LogP contribution >= 0.6 is 0 Å². The average Bonchev–Trinajstić information content (AvgIpc) is 2.82. The smallest absolute Gasteiger partial charge is 0.311 e. The Bertz CT molecular complexity index is 747. The average molecular weight is 277 g/mol. The number of hydrogen-bond donors (Lipinski definition) is 0. The Morgan fingerprint density at radius 3 is 2.70 bits per heavy atom. The summed E-state index contributed by atoms with van der Waals surface area (Å²) in [6.07, 6.45) is -1.12. The van der Waals surface area contributed by atoms with Crippen LogP contribution in [0.4, 0.5) is 13.2 Å². The fourth-order valence-corrected chi connectivity index (χ4v) is 2.06. The number of nitrogens with zero attached hydrogens (tertiary/aromatic N) is 3. The first-order valence-electron chi connectivity index (χ1n) is 5.96. The topological polar surface area (TPSA) is 30.7 Å². The molecule has 2 heterocycles. The Labute approximate surface area is 112 Å². The monoisotopic (exact) mass is 277 g/mol. The third-order valence-electron chi connectivity index (χ3n) is 2.98. The minimum atomic E-state index is -4.33. The molecule has 0 N–H and O–H groups in total. The molecule has 0 atom stereocenters. The molecule has 0 fully saturated rings. The second kappa shape index (κ2) is 4.63. The van der Waals surface area contributed by atoms with Gasteiger partial charge in [0.05, 0.1) is 18.4 Å². The molecule has 2 aromatic heterocycles. The number of hydrogen-bond acceptors (Lipinski definition) is 2. The van der Waals surface area contributed by atoms with Gasteiger partial charge in [0.15, 0.2) is 5.65 Å². The predicted octanol–water partition coefficient (Wildman–Crippen LogP) is 3.50. The SMILES string of the molecule is FC(F)(F)c1cccc(Cn2cnc3cccnc32)c1. The van der Waals surface area contributed by atoms with Crippen molar-refractivity contribution in [1.29, 1.82) is 0 Å². The molecular formula is C14H10F3N3. The van der Waals surface area contributed by atoms with Crippen LogP contribution in [0.2, 0.25) is 0 Å². The van der Waals surface area contributed by atoms with Crippen molar-refractivity contribution in [3.63, 3.8) is 0 Å². The molecule has 0 aliphatic heterocycles. The van der Waals surface area contributed by atoms with Gasteiger partial charge >= 0.3 is 6.18 Å². The molecule has 0 aliphatic rings. The lowest BCUT2D eigenvalue weighted by Gasteiger charge is -2.09. The zero-order chi connectivity index (χ0) is 14.2. The number of rotatable bonds is 2. The van der Waals surface area contributed by atoms with Crippen LogP contribution in [-0.4, -0.2) is 14.5 Å². The fourth-order valence-electron chi connectivity index (χ4n) is 2.06. The van der Waals surface area contributed by atoms with Crippen LogP contribution in [0.15, 0.2) is 48.9 Å². The van der Waals surface area contributed by atoms with E-state index in [4.69, 9.17) is 0 Å². The molecule has 0 saturated heterocycles. The van der Waals surface area contributed by atoms with E-state index in [1.54, 1.807) is 29.2 Å². The van der Waals surface area contributed by atoms with E-state index in [1.165, 1.54) is 6.07 Å². The van der Waals surface area contributed by atoms with Gasteiger partial charge in [-0.05, 0) is 29.8 Å². The summed E-state index contributed by atoms with van der Waals surface area (Å²) in [7, 11) is 0. The maximum absolute atomic E-state index is 12.7. The zero-order valence-corrected chi connectivity index (χ0v) is 10.3. The molecule has 102 valence electrons. The van der Waals surface area contributed by atoms with Gasteiger partial charge in [-0.3, -0.25) is 0 Å². The summed E-state index contributed by atoms with van der Waals surface area (Å²) >= 11 is 0. The molecule has 20 heavy (non-hydrogen) atoms. The molecule has 3 aromatic rings. The minimum absolute atomic E-state index is 0.303. The second-order valence-electron chi connectivity index (χ2n) is 4.42. The largest absolute Gasteiger partial charge is 0.416 e. The first-order chi connectivity index (χ1) is 9.54. The number of fused-ring (bicyclic) bond motifs is 1. The highest BCUT2D eigenvalue weighted by atomic mass is 19.4. The molecule has 0 amide bonds. The van der Waals surface area contributed by atoms with Crippen LogP contribution in [-0.2, 0) is 12.7 Å². The van der Waals surface area contributed by atoms with Gasteiger partial charge in [-0.25, -0.2) is 9.97 Å². The summed E-state index contributed by atoms with van der Waals surface area (Å²) in [4.78, 5) is 8.35. The summed E-state index contributed by atoms with van der Waals surface area (Å²) in [5.74, 6) is 0. The molecule has 0 saturated carbocycles. The summed E-state index contributed by atoms with van der Waals surface area (Å²) in [5, 5.41) is 0. The Morgan fingerprint density at radius 1 is 1.05 bits per heavy atom. The molecule has 0 bridgehead atoms. The normalized spacial score (nSPS) is 11.9. The van der Waals surface area contributed by atoms with E-state index >= 15 is 0 Å². The van der Waals surface area contributed by atoms with Crippen molar-refractivity contribution in [2.24, 2.45) is 0 Å². The highest BCUT2D eigenvalue weighted by Gasteiger charge is 2.30. The van der Waals surface area contributed by atoms with Crippen molar-refractivity contribution >= 4 is 11.2 Å². The number of pyridine rings is 1. The highest BCUT2D eigenvalue weighted by molar-refractivity contribution is 5.70. The van der Waals surface area contributed by atoms with Crippen molar-refractivity contribution in [3.8, 4) is 0 Å². The number of halogens is 3. The van der Waals surface area contributed by atoms with Gasteiger partial charge in [-0.15, -0.1) is 0 Å². The van der Waals surface area contributed by atoms with Gasteiger partial charge in [0.1, 0.15) is 5.52 Å². The van der Waals surface area contributed by atoms with Crippen LogP contribution in [0.3, 0.4) is 0 Å². The second-order valence-corrected chi connectivity index (χ2v) is 4.42. The molecule has 0 aliphatic carbocycles. The predicted molar refractivity (Wildman–Crippen MR) is 68.1 cm³/mol. The Morgan fingerprint density at radius 2 is 1.90 bits per heavy atom. The van der Waals surface area contributed by atoms with E-state index in [2.05, 4.69) is 9.97 Å². The summed E-state index contributed by atoms with van der Waals surface area (Å²) in [6.45, 7) is 0.303. The van der Waals surface area contributed by atoms with Gasteiger partial charge in [0.25, 0.3) is 0 Å². The standard InChI is InChI=1S/C14H10F3N3/c15-14(16,17)11-4-1-3-10(7-11)8-20-9-19-12-5-2-6-18-13(12)20/h1-7,9H,8H2. The van der Waals surface area contributed by atoms with Crippen LogP contribution < -0.4 is 0 Å². The molecule has 6 heteroatoms. The van der Waals surface area contributed by atoms with E-state index in [9.17, 15) is 13.2 Å². The molecular weight excluding hydrogens is 267 g/mol.